The Bertz CT molecular complexity index is 424. The summed E-state index contributed by atoms with van der Waals surface area (Å²) in [5.41, 5.74) is 0.518. The van der Waals surface area contributed by atoms with E-state index in [0.29, 0.717) is 0 Å². The van der Waals surface area contributed by atoms with Crippen LogP contribution in [0.15, 0.2) is 11.8 Å². The molecule has 98 valence electrons. The monoisotopic (exact) mass is 250 g/mol. The van der Waals surface area contributed by atoms with E-state index in [4.69, 9.17) is 4.74 Å². The van der Waals surface area contributed by atoms with E-state index in [1.165, 1.54) is 6.08 Å². The lowest BCUT2D eigenvalue weighted by molar-refractivity contribution is -0.138. The van der Waals surface area contributed by atoms with E-state index < -0.39 is 0 Å². The first-order chi connectivity index (χ1) is 8.62. The van der Waals surface area contributed by atoms with Crippen LogP contribution in [0, 0.1) is 5.41 Å². The molecule has 5 nitrogen and oxygen atoms in total. The van der Waals surface area contributed by atoms with Crippen molar-refractivity contribution in [3.8, 4) is 0 Å². The molecule has 1 amide bonds. The Labute approximate surface area is 106 Å². The third-order valence-corrected chi connectivity index (χ3v) is 4.32. The van der Waals surface area contributed by atoms with Gasteiger partial charge in [0.05, 0.1) is 11.1 Å². The molecule has 0 aromatic heterocycles. The van der Waals surface area contributed by atoms with Gasteiger partial charge >= 0.3 is 5.97 Å². The zero-order valence-corrected chi connectivity index (χ0v) is 10.6. The van der Waals surface area contributed by atoms with Crippen LogP contribution >= 0.6 is 0 Å². The smallest absolute Gasteiger partial charge is 0.333 e. The predicted octanol–water partition coefficient (Wildman–Crippen LogP) is 0.418. The third-order valence-electron chi connectivity index (χ3n) is 4.32. The van der Waals surface area contributed by atoms with E-state index in [2.05, 4.69) is 12.2 Å². The number of piperidine rings is 1. The summed E-state index contributed by atoms with van der Waals surface area (Å²) >= 11 is 0. The molecular formula is C13H18N2O3. The summed E-state index contributed by atoms with van der Waals surface area (Å²) in [4.78, 5) is 25.6. The van der Waals surface area contributed by atoms with Crippen LogP contribution in [0.2, 0.25) is 0 Å². The minimum absolute atomic E-state index is 0.163. The second kappa shape index (κ2) is 4.09. The van der Waals surface area contributed by atoms with Gasteiger partial charge in [-0.3, -0.25) is 4.79 Å². The summed E-state index contributed by atoms with van der Waals surface area (Å²) in [6, 6.07) is 0.163. The van der Waals surface area contributed by atoms with E-state index >= 15 is 0 Å². The molecule has 1 N–H and O–H groups in total. The van der Waals surface area contributed by atoms with Crippen molar-refractivity contribution in [3.05, 3.63) is 11.8 Å². The van der Waals surface area contributed by atoms with Crippen LogP contribution in [0.5, 0.6) is 0 Å². The van der Waals surface area contributed by atoms with Crippen LogP contribution in [-0.2, 0) is 14.3 Å². The van der Waals surface area contributed by atoms with Gasteiger partial charge in [-0.2, -0.15) is 0 Å². The molecular weight excluding hydrogens is 232 g/mol. The number of carbonyl (C=O) groups is 2. The van der Waals surface area contributed by atoms with Gasteiger partial charge < -0.3 is 15.0 Å². The van der Waals surface area contributed by atoms with Crippen LogP contribution < -0.4 is 5.32 Å². The SMILES string of the molecule is C[C@H]1CC2(CCNCC2)C(=O)N1C1=CC(=O)OC1. The number of cyclic esters (lactones) is 1. The van der Waals surface area contributed by atoms with Crippen LogP contribution in [0.1, 0.15) is 26.2 Å². The average Bonchev–Trinajstić information content (AvgIpc) is 2.85. The zero-order chi connectivity index (χ0) is 12.8. The summed E-state index contributed by atoms with van der Waals surface area (Å²) < 4.78 is 4.91. The molecule has 0 aliphatic carbocycles. The Morgan fingerprint density at radius 2 is 2.11 bits per heavy atom. The van der Waals surface area contributed by atoms with Crippen molar-refractivity contribution in [1.82, 2.24) is 10.2 Å². The van der Waals surface area contributed by atoms with Gasteiger partial charge in [0.1, 0.15) is 6.61 Å². The number of rotatable bonds is 1. The number of carbonyl (C=O) groups excluding carboxylic acids is 2. The first-order valence-electron chi connectivity index (χ1n) is 6.54. The number of amides is 1. The van der Waals surface area contributed by atoms with Crippen molar-refractivity contribution in [2.24, 2.45) is 5.41 Å². The Hall–Kier alpha value is -1.36. The number of nitrogens with one attached hydrogen (secondary N) is 1. The predicted molar refractivity (Wildman–Crippen MR) is 64.5 cm³/mol. The highest BCUT2D eigenvalue weighted by Gasteiger charge is 2.51. The maximum atomic E-state index is 12.7. The van der Waals surface area contributed by atoms with Crippen molar-refractivity contribution < 1.29 is 14.3 Å². The second-order valence-electron chi connectivity index (χ2n) is 5.50. The molecule has 2 fully saturated rings. The molecule has 1 atom stereocenters. The molecule has 0 saturated carbocycles. The summed E-state index contributed by atoms with van der Waals surface area (Å²) in [6.45, 7) is 4.10. The fourth-order valence-electron chi connectivity index (χ4n) is 3.44. The maximum Gasteiger partial charge on any atom is 0.333 e. The molecule has 5 heteroatoms. The first-order valence-corrected chi connectivity index (χ1v) is 6.54. The molecule has 1 spiro atoms. The number of hydrogen-bond donors (Lipinski definition) is 1. The van der Waals surface area contributed by atoms with Gasteiger partial charge in [0.15, 0.2) is 0 Å². The summed E-state index contributed by atoms with van der Waals surface area (Å²) in [7, 11) is 0. The van der Waals surface area contributed by atoms with Gasteiger partial charge in [0, 0.05) is 12.1 Å². The standard InChI is InChI=1S/C13H18N2O3/c1-9-7-13(2-4-14-5-3-13)12(17)15(9)10-6-11(16)18-8-10/h6,9,14H,2-5,7-8H2,1H3/t9-/m0/s1. The van der Waals surface area contributed by atoms with E-state index in [1.54, 1.807) is 4.90 Å². The summed E-state index contributed by atoms with van der Waals surface area (Å²) in [5.74, 6) is -0.155. The van der Waals surface area contributed by atoms with Gasteiger partial charge in [-0.25, -0.2) is 4.79 Å². The minimum Gasteiger partial charge on any atom is -0.456 e. The van der Waals surface area contributed by atoms with Crippen molar-refractivity contribution >= 4 is 11.9 Å². The van der Waals surface area contributed by atoms with E-state index in [-0.39, 0.29) is 29.9 Å². The maximum absolute atomic E-state index is 12.7. The van der Waals surface area contributed by atoms with Gasteiger partial charge in [0.2, 0.25) is 5.91 Å². The summed E-state index contributed by atoms with van der Waals surface area (Å²) in [6.07, 6.45) is 4.14. The molecule has 0 aromatic carbocycles. The highest BCUT2D eigenvalue weighted by Crippen LogP contribution is 2.44. The van der Waals surface area contributed by atoms with Crippen LogP contribution in [0.3, 0.4) is 0 Å². The Kier molecular flexibility index (Phi) is 2.66. The molecule has 0 unspecified atom stereocenters. The van der Waals surface area contributed by atoms with E-state index in [0.717, 1.165) is 38.0 Å². The highest BCUT2D eigenvalue weighted by molar-refractivity contribution is 5.91. The molecule has 0 aromatic rings. The molecule has 0 bridgehead atoms. The molecule has 3 heterocycles. The molecule has 3 aliphatic heterocycles. The number of hydrogen-bond acceptors (Lipinski definition) is 4. The van der Waals surface area contributed by atoms with E-state index in [9.17, 15) is 9.59 Å². The van der Waals surface area contributed by atoms with Gasteiger partial charge in [-0.1, -0.05) is 0 Å². The number of nitrogens with zero attached hydrogens (tertiary/aromatic N) is 1. The first kappa shape index (κ1) is 11.7. The fraction of sp³-hybridized carbons (Fsp3) is 0.692. The number of ether oxygens (including phenoxy) is 1. The Morgan fingerprint density at radius 3 is 2.72 bits per heavy atom. The largest absolute Gasteiger partial charge is 0.456 e. The lowest BCUT2D eigenvalue weighted by Crippen LogP contribution is -2.42. The number of likely N-dealkylation sites (tertiary alicyclic amines) is 1. The quantitative estimate of drug-likeness (QED) is 0.685. The lowest BCUT2D eigenvalue weighted by Gasteiger charge is -2.32. The Morgan fingerprint density at radius 1 is 1.39 bits per heavy atom. The normalized spacial score (nSPS) is 30.8. The van der Waals surface area contributed by atoms with Crippen LogP contribution in [-0.4, -0.2) is 42.5 Å². The molecule has 18 heavy (non-hydrogen) atoms. The summed E-state index contributed by atoms with van der Waals surface area (Å²) in [5, 5.41) is 3.30. The van der Waals surface area contributed by atoms with Crippen molar-refractivity contribution in [1.29, 1.82) is 0 Å². The van der Waals surface area contributed by atoms with Crippen molar-refractivity contribution in [2.75, 3.05) is 19.7 Å². The zero-order valence-electron chi connectivity index (χ0n) is 10.6. The molecule has 2 saturated heterocycles. The van der Waals surface area contributed by atoms with Gasteiger partial charge in [0.25, 0.3) is 0 Å². The van der Waals surface area contributed by atoms with Gasteiger partial charge in [-0.05, 0) is 39.3 Å². The third kappa shape index (κ3) is 1.65. The average molecular weight is 250 g/mol. The van der Waals surface area contributed by atoms with Gasteiger partial charge in [-0.15, -0.1) is 0 Å². The topological polar surface area (TPSA) is 58.6 Å². The van der Waals surface area contributed by atoms with E-state index in [1.807, 2.05) is 0 Å². The van der Waals surface area contributed by atoms with Crippen molar-refractivity contribution in [2.45, 2.75) is 32.2 Å². The highest BCUT2D eigenvalue weighted by atomic mass is 16.5. The molecule has 3 rings (SSSR count). The van der Waals surface area contributed by atoms with Crippen molar-refractivity contribution in [3.63, 3.8) is 0 Å². The fourth-order valence-corrected chi connectivity index (χ4v) is 3.44. The van der Waals surface area contributed by atoms with Crippen LogP contribution in [0.25, 0.3) is 0 Å². The minimum atomic E-state index is -0.337. The second-order valence-corrected chi connectivity index (χ2v) is 5.50. The molecule has 0 radical (unpaired) electrons. The Balaban J connectivity index is 1.86. The van der Waals surface area contributed by atoms with Crippen LogP contribution in [0.4, 0.5) is 0 Å². The molecule has 3 aliphatic rings. The lowest BCUT2D eigenvalue weighted by atomic mass is 9.77. The number of esters is 1.